The molecule has 110 valence electrons. The lowest BCUT2D eigenvalue weighted by Gasteiger charge is -2.25. The third kappa shape index (κ3) is 4.89. The molecule has 0 spiro atoms. The van der Waals surface area contributed by atoms with Gasteiger partial charge in [0.15, 0.2) is 6.61 Å². The number of hydrogen-bond acceptors (Lipinski definition) is 4. The zero-order valence-electron chi connectivity index (χ0n) is 12.0. The molecule has 1 atom stereocenters. The fraction of sp³-hybridized carbons (Fsp3) is 0.429. The molecule has 0 bridgehead atoms. The summed E-state index contributed by atoms with van der Waals surface area (Å²) in [4.78, 5) is 22.5. The van der Waals surface area contributed by atoms with E-state index in [9.17, 15) is 9.59 Å². The molecule has 0 fully saturated rings. The summed E-state index contributed by atoms with van der Waals surface area (Å²) in [6, 6.07) is 6.02. The molecule has 6 heteroatoms. The third-order valence-corrected chi connectivity index (χ3v) is 2.72. The minimum absolute atomic E-state index is 0.180. The Labute approximate surface area is 118 Å². The Balaban J connectivity index is 2.61. The van der Waals surface area contributed by atoms with Crippen molar-refractivity contribution >= 4 is 17.5 Å². The first-order valence-electron chi connectivity index (χ1n) is 6.28. The molecule has 0 aliphatic rings. The summed E-state index contributed by atoms with van der Waals surface area (Å²) in [7, 11) is 0. The van der Waals surface area contributed by atoms with Crippen molar-refractivity contribution < 1.29 is 14.3 Å². The van der Waals surface area contributed by atoms with Gasteiger partial charge in [0.25, 0.3) is 5.91 Å². The van der Waals surface area contributed by atoms with E-state index < -0.39 is 11.9 Å². The standard InChI is InChI=1S/C14H21N3O3/c1-14(2,3)12(16)13(19)17-9-4-6-10(7-5-9)20-8-11(15)18/h4-7,12H,8,16H2,1-3H3,(H2,15,18)(H,17,19)/t12-/m0/s1. The van der Waals surface area contributed by atoms with E-state index in [1.165, 1.54) is 0 Å². The maximum absolute atomic E-state index is 11.9. The first-order valence-corrected chi connectivity index (χ1v) is 6.28. The van der Waals surface area contributed by atoms with E-state index in [0.29, 0.717) is 11.4 Å². The van der Waals surface area contributed by atoms with Crippen LogP contribution in [0.15, 0.2) is 24.3 Å². The van der Waals surface area contributed by atoms with Crippen LogP contribution >= 0.6 is 0 Å². The molecule has 0 aliphatic carbocycles. The smallest absolute Gasteiger partial charge is 0.255 e. The predicted octanol–water partition coefficient (Wildman–Crippen LogP) is 0.863. The molecule has 5 N–H and O–H groups in total. The fourth-order valence-electron chi connectivity index (χ4n) is 1.40. The van der Waals surface area contributed by atoms with Crippen molar-refractivity contribution in [3.63, 3.8) is 0 Å². The zero-order valence-corrected chi connectivity index (χ0v) is 12.0. The van der Waals surface area contributed by atoms with Crippen molar-refractivity contribution in [3.05, 3.63) is 24.3 Å². The first-order chi connectivity index (χ1) is 9.20. The van der Waals surface area contributed by atoms with Gasteiger partial charge in [-0.1, -0.05) is 20.8 Å². The second kappa shape index (κ2) is 6.38. The van der Waals surface area contributed by atoms with Crippen LogP contribution in [0.25, 0.3) is 0 Å². The number of anilines is 1. The number of ether oxygens (including phenoxy) is 1. The fourth-order valence-corrected chi connectivity index (χ4v) is 1.40. The van der Waals surface area contributed by atoms with Gasteiger partial charge in [-0.25, -0.2) is 0 Å². The molecular formula is C14H21N3O3. The van der Waals surface area contributed by atoms with Crippen LogP contribution in [-0.4, -0.2) is 24.5 Å². The number of primary amides is 1. The van der Waals surface area contributed by atoms with E-state index in [1.54, 1.807) is 24.3 Å². The summed E-state index contributed by atoms with van der Waals surface area (Å²) in [6.07, 6.45) is 0. The summed E-state index contributed by atoms with van der Waals surface area (Å²) >= 11 is 0. The maximum Gasteiger partial charge on any atom is 0.255 e. The molecule has 1 rings (SSSR count). The van der Waals surface area contributed by atoms with Gasteiger partial charge in [-0.2, -0.15) is 0 Å². The van der Waals surface area contributed by atoms with Gasteiger partial charge < -0.3 is 21.5 Å². The van der Waals surface area contributed by atoms with Crippen LogP contribution in [0.1, 0.15) is 20.8 Å². The molecule has 0 aliphatic heterocycles. The first kappa shape index (κ1) is 16.0. The molecule has 0 unspecified atom stereocenters. The second-order valence-corrected chi connectivity index (χ2v) is 5.61. The Morgan fingerprint density at radius 2 is 1.80 bits per heavy atom. The highest BCUT2D eigenvalue weighted by molar-refractivity contribution is 5.95. The molecule has 0 heterocycles. The summed E-state index contributed by atoms with van der Waals surface area (Å²) in [5.74, 6) is -0.288. The highest BCUT2D eigenvalue weighted by Crippen LogP contribution is 2.20. The van der Waals surface area contributed by atoms with Crippen molar-refractivity contribution in [2.75, 3.05) is 11.9 Å². The summed E-state index contributed by atoms with van der Waals surface area (Å²) in [5.41, 5.74) is 11.1. The highest BCUT2D eigenvalue weighted by atomic mass is 16.5. The van der Waals surface area contributed by atoms with E-state index >= 15 is 0 Å². The van der Waals surface area contributed by atoms with Gasteiger partial charge in [0, 0.05) is 5.69 Å². The van der Waals surface area contributed by atoms with Crippen molar-refractivity contribution in [1.82, 2.24) is 0 Å². The van der Waals surface area contributed by atoms with Gasteiger partial charge in [-0.15, -0.1) is 0 Å². The molecule has 2 amide bonds. The minimum atomic E-state index is -0.603. The number of rotatable bonds is 5. The molecule has 20 heavy (non-hydrogen) atoms. The normalized spacial score (nSPS) is 12.6. The van der Waals surface area contributed by atoms with Crippen LogP contribution in [0.3, 0.4) is 0 Å². The Kier molecular flexibility index (Phi) is 5.10. The summed E-state index contributed by atoms with van der Waals surface area (Å²) < 4.78 is 5.12. The number of benzene rings is 1. The predicted molar refractivity (Wildman–Crippen MR) is 77.2 cm³/mol. The number of nitrogens with one attached hydrogen (secondary N) is 1. The quantitative estimate of drug-likeness (QED) is 0.743. The lowest BCUT2D eigenvalue weighted by molar-refractivity contribution is -0.120. The van der Waals surface area contributed by atoms with Gasteiger partial charge in [0.2, 0.25) is 5.91 Å². The lowest BCUT2D eigenvalue weighted by Crippen LogP contribution is -2.45. The van der Waals surface area contributed by atoms with Gasteiger partial charge in [-0.05, 0) is 29.7 Å². The minimum Gasteiger partial charge on any atom is -0.484 e. The van der Waals surface area contributed by atoms with E-state index in [0.717, 1.165) is 0 Å². The molecule has 0 saturated carbocycles. The Morgan fingerprint density at radius 1 is 1.25 bits per heavy atom. The molecule has 6 nitrogen and oxygen atoms in total. The lowest BCUT2D eigenvalue weighted by atomic mass is 9.87. The second-order valence-electron chi connectivity index (χ2n) is 5.61. The molecule has 1 aromatic carbocycles. The van der Waals surface area contributed by atoms with Crippen molar-refractivity contribution in [3.8, 4) is 5.75 Å². The largest absolute Gasteiger partial charge is 0.484 e. The number of carbonyl (C=O) groups excluding carboxylic acids is 2. The van der Waals surface area contributed by atoms with Crippen LogP contribution in [0.5, 0.6) is 5.75 Å². The van der Waals surface area contributed by atoms with E-state index in [-0.39, 0.29) is 17.9 Å². The van der Waals surface area contributed by atoms with E-state index in [1.807, 2.05) is 20.8 Å². The summed E-state index contributed by atoms with van der Waals surface area (Å²) in [6.45, 7) is 5.52. The molecule has 0 radical (unpaired) electrons. The average molecular weight is 279 g/mol. The summed E-state index contributed by atoms with van der Waals surface area (Å²) in [5, 5.41) is 2.73. The maximum atomic E-state index is 11.9. The monoisotopic (exact) mass is 279 g/mol. The molecule has 0 saturated heterocycles. The number of hydrogen-bond donors (Lipinski definition) is 3. The van der Waals surface area contributed by atoms with Crippen LogP contribution in [0.2, 0.25) is 0 Å². The van der Waals surface area contributed by atoms with Crippen molar-refractivity contribution in [1.29, 1.82) is 0 Å². The molecule has 0 aromatic heterocycles. The van der Waals surface area contributed by atoms with Gasteiger partial charge >= 0.3 is 0 Å². The highest BCUT2D eigenvalue weighted by Gasteiger charge is 2.27. The third-order valence-electron chi connectivity index (χ3n) is 2.72. The van der Waals surface area contributed by atoms with Crippen molar-refractivity contribution in [2.45, 2.75) is 26.8 Å². The van der Waals surface area contributed by atoms with Crippen LogP contribution < -0.4 is 21.5 Å². The van der Waals surface area contributed by atoms with Crippen molar-refractivity contribution in [2.24, 2.45) is 16.9 Å². The van der Waals surface area contributed by atoms with Gasteiger partial charge in [-0.3, -0.25) is 9.59 Å². The average Bonchev–Trinajstić information content (AvgIpc) is 2.35. The van der Waals surface area contributed by atoms with E-state index in [4.69, 9.17) is 16.2 Å². The Morgan fingerprint density at radius 3 is 2.25 bits per heavy atom. The van der Waals surface area contributed by atoms with Crippen LogP contribution in [-0.2, 0) is 9.59 Å². The topological polar surface area (TPSA) is 107 Å². The van der Waals surface area contributed by atoms with Crippen LogP contribution in [0, 0.1) is 5.41 Å². The van der Waals surface area contributed by atoms with E-state index in [2.05, 4.69) is 5.32 Å². The number of nitrogens with two attached hydrogens (primary N) is 2. The van der Waals surface area contributed by atoms with Gasteiger partial charge in [0.05, 0.1) is 6.04 Å². The zero-order chi connectivity index (χ0) is 15.3. The number of carbonyl (C=O) groups is 2. The van der Waals surface area contributed by atoms with Gasteiger partial charge in [0.1, 0.15) is 5.75 Å². The molecule has 1 aromatic rings. The SMILES string of the molecule is CC(C)(C)[C@@H](N)C(=O)Nc1ccc(OCC(N)=O)cc1. The Hall–Kier alpha value is -2.08. The number of amides is 2. The Bertz CT molecular complexity index is 477. The van der Waals surface area contributed by atoms with Crippen LogP contribution in [0.4, 0.5) is 5.69 Å². The molecular weight excluding hydrogens is 258 g/mol.